The molecule has 5 heteroatoms. The first-order chi connectivity index (χ1) is 11.5. The molecular weight excluding hydrogens is 302 g/mol. The standard InChI is InChI=1S/C19H31N3O2/c1-14-6-5-9-22(13-14)19(20)21-12-15(2)10-16-7-8-17(23-3)18(11-16)24-4/h7-8,11,14-15H,5-6,9-10,12-13H2,1-4H3,(H2,20,21). The minimum Gasteiger partial charge on any atom is -0.493 e. The first-order valence-corrected chi connectivity index (χ1v) is 8.79. The van der Waals surface area contributed by atoms with Gasteiger partial charge in [-0.2, -0.15) is 0 Å². The van der Waals surface area contributed by atoms with Gasteiger partial charge in [0.2, 0.25) is 0 Å². The molecule has 1 fully saturated rings. The summed E-state index contributed by atoms with van der Waals surface area (Å²) in [6.45, 7) is 7.28. The number of aliphatic imine (C=N–C) groups is 1. The smallest absolute Gasteiger partial charge is 0.191 e. The molecule has 1 heterocycles. The van der Waals surface area contributed by atoms with Crippen molar-refractivity contribution in [1.29, 1.82) is 0 Å². The normalized spacial score (nSPS) is 19.9. The molecule has 1 saturated heterocycles. The number of benzene rings is 1. The molecule has 1 aliphatic heterocycles. The number of piperidine rings is 1. The Morgan fingerprint density at radius 1 is 1.33 bits per heavy atom. The van der Waals surface area contributed by atoms with E-state index >= 15 is 0 Å². The molecule has 1 aromatic carbocycles. The second-order valence-corrected chi connectivity index (χ2v) is 6.89. The van der Waals surface area contributed by atoms with Crippen LogP contribution in [0.4, 0.5) is 0 Å². The van der Waals surface area contributed by atoms with Crippen LogP contribution >= 0.6 is 0 Å². The lowest BCUT2D eigenvalue weighted by Crippen LogP contribution is -2.43. The van der Waals surface area contributed by atoms with Gasteiger partial charge >= 0.3 is 0 Å². The van der Waals surface area contributed by atoms with Gasteiger partial charge in [0, 0.05) is 19.6 Å². The van der Waals surface area contributed by atoms with Crippen LogP contribution in [0.2, 0.25) is 0 Å². The first kappa shape index (κ1) is 18.4. The topological polar surface area (TPSA) is 60.1 Å². The lowest BCUT2D eigenvalue weighted by Gasteiger charge is -2.31. The average Bonchev–Trinajstić information content (AvgIpc) is 2.59. The summed E-state index contributed by atoms with van der Waals surface area (Å²) in [4.78, 5) is 6.84. The zero-order valence-corrected chi connectivity index (χ0v) is 15.4. The van der Waals surface area contributed by atoms with Crippen molar-refractivity contribution in [2.45, 2.75) is 33.1 Å². The van der Waals surface area contributed by atoms with Crippen LogP contribution in [0, 0.1) is 11.8 Å². The maximum atomic E-state index is 6.18. The number of hydrogen-bond donors (Lipinski definition) is 1. The Morgan fingerprint density at radius 2 is 2.08 bits per heavy atom. The zero-order valence-electron chi connectivity index (χ0n) is 15.4. The Balaban J connectivity index is 1.90. The van der Waals surface area contributed by atoms with Crippen molar-refractivity contribution in [2.75, 3.05) is 33.9 Å². The molecule has 0 saturated carbocycles. The number of nitrogens with zero attached hydrogens (tertiary/aromatic N) is 2. The highest BCUT2D eigenvalue weighted by Gasteiger charge is 2.17. The van der Waals surface area contributed by atoms with Gasteiger partial charge in [0.1, 0.15) is 0 Å². The minimum absolute atomic E-state index is 0.420. The molecule has 1 aromatic rings. The van der Waals surface area contributed by atoms with Crippen molar-refractivity contribution < 1.29 is 9.47 Å². The van der Waals surface area contributed by atoms with Gasteiger partial charge in [-0.1, -0.05) is 19.9 Å². The van der Waals surface area contributed by atoms with Crippen LogP contribution in [-0.4, -0.2) is 44.7 Å². The minimum atomic E-state index is 0.420. The number of hydrogen-bond acceptors (Lipinski definition) is 3. The molecule has 5 nitrogen and oxygen atoms in total. The number of nitrogens with two attached hydrogens (primary N) is 1. The summed E-state index contributed by atoms with van der Waals surface area (Å²) in [6.07, 6.45) is 3.44. The molecule has 134 valence electrons. The lowest BCUT2D eigenvalue weighted by atomic mass is 10.0. The van der Waals surface area contributed by atoms with E-state index in [0.717, 1.165) is 37.6 Å². The molecule has 2 unspecified atom stereocenters. The lowest BCUT2D eigenvalue weighted by molar-refractivity contribution is 0.270. The van der Waals surface area contributed by atoms with Gasteiger partial charge < -0.3 is 20.1 Å². The van der Waals surface area contributed by atoms with Gasteiger partial charge in [-0.05, 0) is 48.8 Å². The van der Waals surface area contributed by atoms with Crippen molar-refractivity contribution in [3.63, 3.8) is 0 Å². The average molecular weight is 333 g/mol. The summed E-state index contributed by atoms with van der Waals surface area (Å²) >= 11 is 0. The van der Waals surface area contributed by atoms with Crippen LogP contribution in [-0.2, 0) is 6.42 Å². The van der Waals surface area contributed by atoms with Gasteiger partial charge in [-0.25, -0.2) is 0 Å². The van der Waals surface area contributed by atoms with Crippen LogP contribution < -0.4 is 15.2 Å². The Bertz CT molecular complexity index is 560. The highest BCUT2D eigenvalue weighted by atomic mass is 16.5. The van der Waals surface area contributed by atoms with Gasteiger partial charge in [-0.3, -0.25) is 4.99 Å². The summed E-state index contributed by atoms with van der Waals surface area (Å²) < 4.78 is 10.6. The number of methoxy groups -OCH3 is 2. The van der Waals surface area contributed by atoms with Gasteiger partial charge in [0.05, 0.1) is 14.2 Å². The van der Waals surface area contributed by atoms with Gasteiger partial charge in [-0.15, -0.1) is 0 Å². The summed E-state index contributed by atoms with van der Waals surface area (Å²) in [5.41, 5.74) is 7.40. The van der Waals surface area contributed by atoms with Crippen molar-refractivity contribution >= 4 is 5.96 Å². The highest BCUT2D eigenvalue weighted by molar-refractivity contribution is 5.78. The van der Waals surface area contributed by atoms with Gasteiger partial charge in [0.25, 0.3) is 0 Å². The third-order valence-corrected chi connectivity index (χ3v) is 4.58. The number of ether oxygens (including phenoxy) is 2. The SMILES string of the molecule is COc1ccc(CC(C)CN=C(N)N2CCCC(C)C2)cc1OC. The predicted octanol–water partition coefficient (Wildman–Crippen LogP) is 2.93. The maximum absolute atomic E-state index is 6.18. The molecule has 0 aliphatic carbocycles. The fourth-order valence-corrected chi connectivity index (χ4v) is 3.22. The fraction of sp³-hybridized carbons (Fsp3) is 0.632. The van der Waals surface area contributed by atoms with Crippen LogP contribution in [0.15, 0.2) is 23.2 Å². The second-order valence-electron chi connectivity index (χ2n) is 6.89. The van der Waals surface area contributed by atoms with E-state index in [1.165, 1.54) is 18.4 Å². The van der Waals surface area contributed by atoms with E-state index in [1.54, 1.807) is 14.2 Å². The van der Waals surface area contributed by atoms with Crippen LogP contribution in [0.25, 0.3) is 0 Å². The summed E-state index contributed by atoms with van der Waals surface area (Å²) in [5, 5.41) is 0. The molecule has 0 bridgehead atoms. The molecule has 2 atom stereocenters. The van der Waals surface area contributed by atoms with Crippen molar-refractivity contribution in [1.82, 2.24) is 4.90 Å². The van der Waals surface area contributed by atoms with Crippen molar-refractivity contribution in [2.24, 2.45) is 22.6 Å². The number of rotatable bonds is 6. The summed E-state index contributed by atoms with van der Waals surface area (Å²) in [6, 6.07) is 6.07. The molecule has 0 spiro atoms. The highest BCUT2D eigenvalue weighted by Crippen LogP contribution is 2.28. The maximum Gasteiger partial charge on any atom is 0.191 e. The quantitative estimate of drug-likeness (QED) is 0.642. The van der Waals surface area contributed by atoms with Crippen LogP contribution in [0.5, 0.6) is 11.5 Å². The molecule has 2 rings (SSSR count). The summed E-state index contributed by atoms with van der Waals surface area (Å²) in [5.74, 6) is 3.35. The molecule has 0 amide bonds. The number of guanidine groups is 1. The third-order valence-electron chi connectivity index (χ3n) is 4.58. The monoisotopic (exact) mass is 333 g/mol. The summed E-state index contributed by atoms with van der Waals surface area (Å²) in [7, 11) is 3.31. The largest absolute Gasteiger partial charge is 0.493 e. The van der Waals surface area contributed by atoms with Crippen LogP contribution in [0.1, 0.15) is 32.3 Å². The van der Waals surface area contributed by atoms with E-state index < -0.39 is 0 Å². The van der Waals surface area contributed by atoms with E-state index in [1.807, 2.05) is 12.1 Å². The predicted molar refractivity (Wildman–Crippen MR) is 98.9 cm³/mol. The Hall–Kier alpha value is -1.91. The van der Waals surface area contributed by atoms with E-state index in [-0.39, 0.29) is 0 Å². The number of likely N-dealkylation sites (tertiary alicyclic amines) is 1. The Labute approximate surface area is 145 Å². The zero-order chi connectivity index (χ0) is 17.5. The third kappa shape index (κ3) is 5.05. The second kappa shape index (κ2) is 8.81. The Morgan fingerprint density at radius 3 is 2.75 bits per heavy atom. The molecule has 0 radical (unpaired) electrons. The van der Waals surface area contributed by atoms with Gasteiger partial charge in [0.15, 0.2) is 17.5 Å². The van der Waals surface area contributed by atoms with Crippen molar-refractivity contribution in [3.05, 3.63) is 23.8 Å². The Kier molecular flexibility index (Phi) is 6.76. The van der Waals surface area contributed by atoms with Crippen LogP contribution in [0.3, 0.4) is 0 Å². The van der Waals surface area contributed by atoms with E-state index in [2.05, 4.69) is 29.8 Å². The molecular formula is C19H31N3O2. The first-order valence-electron chi connectivity index (χ1n) is 8.79. The van der Waals surface area contributed by atoms with E-state index in [4.69, 9.17) is 15.2 Å². The molecule has 0 aromatic heterocycles. The molecule has 24 heavy (non-hydrogen) atoms. The van der Waals surface area contributed by atoms with E-state index in [0.29, 0.717) is 17.8 Å². The molecule has 1 aliphatic rings. The fourth-order valence-electron chi connectivity index (χ4n) is 3.22. The molecule has 2 N–H and O–H groups in total. The van der Waals surface area contributed by atoms with Crippen molar-refractivity contribution in [3.8, 4) is 11.5 Å². The van der Waals surface area contributed by atoms with E-state index in [9.17, 15) is 0 Å².